The first-order chi connectivity index (χ1) is 12.4. The Hall–Kier alpha value is -2.88. The second kappa shape index (κ2) is 7.16. The maximum atomic E-state index is 4.72. The summed E-state index contributed by atoms with van der Waals surface area (Å²) in [5, 5.41) is 9.14. The van der Waals surface area contributed by atoms with Crippen molar-refractivity contribution in [1.29, 1.82) is 0 Å². The van der Waals surface area contributed by atoms with Crippen LogP contribution >= 0.6 is 0 Å². The summed E-state index contributed by atoms with van der Waals surface area (Å²) in [6.07, 6.45) is 1.85. The molecule has 1 N–H and O–H groups in total. The predicted octanol–water partition coefficient (Wildman–Crippen LogP) is 5.17. The Labute approximate surface area is 155 Å². The van der Waals surface area contributed by atoms with Crippen molar-refractivity contribution in [1.82, 2.24) is 9.78 Å². The predicted molar refractivity (Wildman–Crippen MR) is 110 cm³/mol. The Bertz CT molecular complexity index is 980. The van der Waals surface area contributed by atoms with Crippen molar-refractivity contribution < 1.29 is 0 Å². The number of hydrazone groups is 1. The minimum atomic E-state index is 0.966. The molecule has 1 heterocycles. The number of rotatable bonds is 4. The van der Waals surface area contributed by atoms with Gasteiger partial charge in [-0.15, -0.1) is 0 Å². The first-order valence-corrected chi connectivity index (χ1v) is 8.87. The molecule has 0 atom stereocenters. The zero-order valence-corrected chi connectivity index (χ0v) is 16.4. The van der Waals surface area contributed by atoms with Crippen molar-refractivity contribution in [2.75, 3.05) is 5.43 Å². The van der Waals surface area contributed by atoms with Crippen LogP contribution in [-0.4, -0.2) is 16.0 Å². The van der Waals surface area contributed by atoms with Crippen LogP contribution in [0, 0.1) is 41.5 Å². The monoisotopic (exact) mass is 346 g/mol. The van der Waals surface area contributed by atoms with E-state index in [1.54, 1.807) is 0 Å². The van der Waals surface area contributed by atoms with E-state index >= 15 is 0 Å². The van der Waals surface area contributed by atoms with Gasteiger partial charge in [-0.05, 0) is 76.4 Å². The third kappa shape index (κ3) is 3.54. The Morgan fingerprint density at radius 2 is 1.65 bits per heavy atom. The number of nitrogens with zero attached hydrogens (tertiary/aromatic N) is 3. The zero-order valence-electron chi connectivity index (χ0n) is 16.4. The number of hydrogen-bond donors (Lipinski definition) is 1. The van der Waals surface area contributed by atoms with Crippen LogP contribution in [0.1, 0.15) is 39.2 Å². The minimum Gasteiger partial charge on any atom is -0.278 e. The van der Waals surface area contributed by atoms with E-state index in [0.29, 0.717) is 0 Å². The van der Waals surface area contributed by atoms with Crippen molar-refractivity contribution >= 4 is 11.9 Å². The molecule has 0 spiro atoms. The molecular formula is C22H26N4. The van der Waals surface area contributed by atoms with Crippen LogP contribution in [0.15, 0.2) is 41.5 Å². The average Bonchev–Trinajstić information content (AvgIpc) is 2.86. The topological polar surface area (TPSA) is 42.2 Å². The van der Waals surface area contributed by atoms with Gasteiger partial charge < -0.3 is 0 Å². The zero-order chi connectivity index (χ0) is 18.8. The van der Waals surface area contributed by atoms with Gasteiger partial charge in [0.1, 0.15) is 0 Å². The van der Waals surface area contributed by atoms with Gasteiger partial charge in [-0.2, -0.15) is 10.2 Å². The number of aromatic nitrogens is 2. The number of hydrogen-bond acceptors (Lipinski definition) is 3. The van der Waals surface area contributed by atoms with E-state index in [-0.39, 0.29) is 0 Å². The van der Waals surface area contributed by atoms with Gasteiger partial charge >= 0.3 is 0 Å². The number of anilines is 1. The molecule has 0 fully saturated rings. The third-order valence-corrected chi connectivity index (χ3v) is 4.82. The molecule has 0 aliphatic rings. The molecule has 26 heavy (non-hydrogen) atoms. The minimum absolute atomic E-state index is 0.966. The smallest absolute Gasteiger partial charge is 0.0689 e. The summed E-state index contributed by atoms with van der Waals surface area (Å²) in [7, 11) is 0. The molecule has 4 nitrogen and oxygen atoms in total. The van der Waals surface area contributed by atoms with Gasteiger partial charge in [0.05, 0.1) is 29.0 Å². The second-order valence-corrected chi connectivity index (χ2v) is 6.96. The lowest BCUT2D eigenvalue weighted by Crippen LogP contribution is -2.02. The number of nitrogens with one attached hydrogen (secondary N) is 1. The molecule has 0 unspecified atom stereocenters. The fourth-order valence-electron chi connectivity index (χ4n) is 3.10. The highest BCUT2D eigenvalue weighted by Crippen LogP contribution is 2.20. The summed E-state index contributed by atoms with van der Waals surface area (Å²) in [5.74, 6) is 0. The van der Waals surface area contributed by atoms with Crippen LogP contribution in [0.3, 0.4) is 0 Å². The SMILES string of the molecule is Cc1ccc(-n2nc(C)c(/C=N/Nc3ccc(C)c(C)c3)c2C)c(C)c1. The van der Waals surface area contributed by atoms with E-state index in [0.717, 1.165) is 28.3 Å². The molecule has 0 radical (unpaired) electrons. The molecule has 3 rings (SSSR count). The highest BCUT2D eigenvalue weighted by Gasteiger charge is 2.12. The van der Waals surface area contributed by atoms with Gasteiger partial charge in [0, 0.05) is 5.56 Å². The number of aryl methyl sites for hydroxylation is 5. The van der Waals surface area contributed by atoms with E-state index < -0.39 is 0 Å². The van der Waals surface area contributed by atoms with E-state index in [2.05, 4.69) is 75.5 Å². The van der Waals surface area contributed by atoms with Gasteiger partial charge in [-0.3, -0.25) is 5.43 Å². The van der Waals surface area contributed by atoms with Gasteiger partial charge in [0.25, 0.3) is 0 Å². The van der Waals surface area contributed by atoms with E-state index in [1.165, 1.54) is 22.3 Å². The lowest BCUT2D eigenvalue weighted by Gasteiger charge is -2.09. The summed E-state index contributed by atoms with van der Waals surface area (Å²) in [4.78, 5) is 0. The van der Waals surface area contributed by atoms with Gasteiger partial charge in [-0.25, -0.2) is 4.68 Å². The molecule has 1 aromatic heterocycles. The molecule has 4 heteroatoms. The lowest BCUT2D eigenvalue weighted by atomic mass is 10.1. The first-order valence-electron chi connectivity index (χ1n) is 8.87. The molecule has 0 amide bonds. The first kappa shape index (κ1) is 17.9. The van der Waals surface area contributed by atoms with Crippen LogP contribution < -0.4 is 5.43 Å². The summed E-state index contributed by atoms with van der Waals surface area (Å²) < 4.78 is 2.00. The summed E-state index contributed by atoms with van der Waals surface area (Å²) >= 11 is 0. The second-order valence-electron chi connectivity index (χ2n) is 6.96. The molecule has 134 valence electrons. The summed E-state index contributed by atoms with van der Waals surface area (Å²) in [5.41, 5.74) is 13.3. The average molecular weight is 346 g/mol. The van der Waals surface area contributed by atoms with Crippen LogP contribution in [0.25, 0.3) is 5.69 Å². The van der Waals surface area contributed by atoms with Crippen LogP contribution in [-0.2, 0) is 0 Å². The highest BCUT2D eigenvalue weighted by molar-refractivity contribution is 5.83. The molecule has 0 saturated carbocycles. The van der Waals surface area contributed by atoms with Gasteiger partial charge in [0.15, 0.2) is 0 Å². The van der Waals surface area contributed by atoms with Crippen molar-refractivity contribution in [2.24, 2.45) is 5.10 Å². The van der Waals surface area contributed by atoms with Crippen LogP contribution in [0.5, 0.6) is 0 Å². The largest absolute Gasteiger partial charge is 0.278 e. The Kier molecular flexibility index (Phi) is 4.94. The van der Waals surface area contributed by atoms with Crippen molar-refractivity contribution in [2.45, 2.75) is 41.5 Å². The highest BCUT2D eigenvalue weighted by atomic mass is 15.3. The van der Waals surface area contributed by atoms with E-state index in [9.17, 15) is 0 Å². The standard InChI is InChI=1S/C22H26N4/c1-14-7-10-22(17(4)11-14)26-19(6)21(18(5)25-26)13-23-24-20-9-8-15(2)16(3)12-20/h7-13,24H,1-6H3/b23-13+. The summed E-state index contributed by atoms with van der Waals surface area (Å²) in [6.45, 7) is 12.5. The lowest BCUT2D eigenvalue weighted by molar-refractivity contribution is 0.827. The number of benzene rings is 2. The fourth-order valence-corrected chi connectivity index (χ4v) is 3.10. The molecule has 0 saturated heterocycles. The van der Waals surface area contributed by atoms with Crippen LogP contribution in [0.4, 0.5) is 5.69 Å². The molecule has 2 aromatic carbocycles. The Morgan fingerprint density at radius 3 is 2.35 bits per heavy atom. The molecule has 0 aliphatic heterocycles. The maximum Gasteiger partial charge on any atom is 0.0689 e. The van der Waals surface area contributed by atoms with Crippen molar-refractivity contribution in [3.8, 4) is 5.69 Å². The quantitative estimate of drug-likeness (QED) is 0.523. The van der Waals surface area contributed by atoms with Crippen molar-refractivity contribution in [3.63, 3.8) is 0 Å². The Balaban J connectivity index is 1.87. The van der Waals surface area contributed by atoms with E-state index in [1.807, 2.05) is 23.9 Å². The van der Waals surface area contributed by atoms with Gasteiger partial charge in [-0.1, -0.05) is 23.8 Å². The van der Waals surface area contributed by atoms with Crippen LogP contribution in [0.2, 0.25) is 0 Å². The molecule has 0 aliphatic carbocycles. The maximum absolute atomic E-state index is 4.72. The normalized spacial score (nSPS) is 11.3. The van der Waals surface area contributed by atoms with E-state index in [4.69, 9.17) is 5.10 Å². The molecule has 0 bridgehead atoms. The fraction of sp³-hybridized carbons (Fsp3) is 0.273. The summed E-state index contributed by atoms with van der Waals surface area (Å²) in [6, 6.07) is 12.7. The Morgan fingerprint density at radius 1 is 0.885 bits per heavy atom. The molecular weight excluding hydrogens is 320 g/mol. The van der Waals surface area contributed by atoms with Crippen molar-refractivity contribution in [3.05, 3.63) is 75.6 Å². The van der Waals surface area contributed by atoms with Gasteiger partial charge in [0.2, 0.25) is 0 Å². The molecule has 3 aromatic rings. The third-order valence-electron chi connectivity index (χ3n) is 4.82.